The third kappa shape index (κ3) is 4.88. The Balaban J connectivity index is 2.04. The minimum absolute atomic E-state index is 0.170. The summed E-state index contributed by atoms with van der Waals surface area (Å²) in [7, 11) is 0. The topological polar surface area (TPSA) is 0 Å². The molecule has 2 saturated carbocycles. The quantitative estimate of drug-likeness (QED) is 0.471. The van der Waals surface area contributed by atoms with E-state index < -0.39 is 0 Å². The standard InChI is InChI=1S/C20H38Te/c1-13(2)17-9-7-15(5)11-19(17)21-20-12-16(6)8-10-18(20)14(3)4/h13-20H,7-12H2,1-6H3/t15-,16-,17+,18+,19+,20+/m1/s1. The van der Waals surface area contributed by atoms with Gasteiger partial charge >= 0.3 is 144 Å². The fourth-order valence-electron chi connectivity index (χ4n) is 4.77. The van der Waals surface area contributed by atoms with Crippen LogP contribution in [0.5, 0.6) is 0 Å². The molecule has 0 aromatic heterocycles. The molecule has 2 aliphatic rings. The predicted molar refractivity (Wildman–Crippen MR) is 95.9 cm³/mol. The van der Waals surface area contributed by atoms with Crippen molar-refractivity contribution in [2.24, 2.45) is 35.5 Å². The summed E-state index contributed by atoms with van der Waals surface area (Å²) in [6.45, 7) is 15.0. The van der Waals surface area contributed by atoms with Crippen molar-refractivity contribution >= 4 is 20.9 Å². The van der Waals surface area contributed by atoms with Gasteiger partial charge in [-0.2, -0.15) is 0 Å². The third-order valence-electron chi connectivity index (χ3n) is 6.27. The molecule has 124 valence electrons. The molecule has 2 aliphatic carbocycles. The maximum absolute atomic E-state index is 2.51. The summed E-state index contributed by atoms with van der Waals surface area (Å²) in [6.07, 6.45) is 9.20. The molecule has 0 aromatic rings. The van der Waals surface area contributed by atoms with Crippen LogP contribution in [0.25, 0.3) is 0 Å². The van der Waals surface area contributed by atoms with Gasteiger partial charge in [-0.25, -0.2) is 0 Å². The van der Waals surface area contributed by atoms with Crippen molar-refractivity contribution in [1.82, 2.24) is 0 Å². The van der Waals surface area contributed by atoms with Crippen molar-refractivity contribution in [2.75, 3.05) is 0 Å². The molecule has 0 N–H and O–H groups in total. The molecule has 21 heavy (non-hydrogen) atoms. The maximum atomic E-state index is 2.51. The first kappa shape index (κ1) is 18.1. The van der Waals surface area contributed by atoms with E-state index in [0.29, 0.717) is 0 Å². The summed E-state index contributed by atoms with van der Waals surface area (Å²) in [5, 5.41) is 0. The number of rotatable bonds is 4. The second-order valence-electron chi connectivity index (χ2n) is 8.87. The van der Waals surface area contributed by atoms with E-state index in [0.717, 1.165) is 43.4 Å². The Bertz CT molecular complexity index is 279. The Hall–Kier alpha value is 0.790. The van der Waals surface area contributed by atoms with Crippen molar-refractivity contribution in [3.8, 4) is 0 Å². The third-order valence-corrected chi connectivity index (χ3v) is 11.4. The molecule has 6 atom stereocenters. The zero-order valence-electron chi connectivity index (χ0n) is 15.3. The fraction of sp³-hybridized carbons (Fsp3) is 1.00. The normalized spacial score (nSPS) is 41.7. The molecule has 1 heteroatoms. The van der Waals surface area contributed by atoms with Crippen molar-refractivity contribution < 1.29 is 0 Å². The molecule has 0 nitrogen and oxygen atoms in total. The van der Waals surface area contributed by atoms with Crippen LogP contribution in [-0.2, 0) is 0 Å². The molecule has 0 radical (unpaired) electrons. The van der Waals surface area contributed by atoms with Gasteiger partial charge in [-0.05, 0) is 0 Å². The summed E-state index contributed by atoms with van der Waals surface area (Å²) < 4.78 is 2.30. The van der Waals surface area contributed by atoms with Gasteiger partial charge in [-0.3, -0.25) is 0 Å². The van der Waals surface area contributed by atoms with E-state index in [2.05, 4.69) is 41.5 Å². The van der Waals surface area contributed by atoms with E-state index >= 15 is 0 Å². The van der Waals surface area contributed by atoms with Gasteiger partial charge in [-0.1, -0.05) is 0 Å². The number of hydrogen-bond acceptors (Lipinski definition) is 0. The monoisotopic (exact) mass is 408 g/mol. The first-order valence-electron chi connectivity index (χ1n) is 9.53. The van der Waals surface area contributed by atoms with Crippen molar-refractivity contribution in [1.29, 1.82) is 0 Å². The Kier molecular flexibility index (Phi) is 6.96. The summed E-state index contributed by atoms with van der Waals surface area (Å²) in [6, 6.07) is 0. The van der Waals surface area contributed by atoms with Crippen LogP contribution < -0.4 is 0 Å². The van der Waals surface area contributed by atoms with E-state index in [-0.39, 0.29) is 20.9 Å². The second-order valence-corrected chi connectivity index (χ2v) is 13.1. The van der Waals surface area contributed by atoms with Gasteiger partial charge < -0.3 is 0 Å². The van der Waals surface area contributed by atoms with Crippen molar-refractivity contribution in [2.45, 2.75) is 88.0 Å². The van der Waals surface area contributed by atoms with Crippen LogP contribution in [0, 0.1) is 35.5 Å². The zero-order valence-corrected chi connectivity index (χ0v) is 17.6. The predicted octanol–water partition coefficient (Wildman–Crippen LogP) is 6.45. The molecule has 0 heterocycles. The Morgan fingerprint density at radius 3 is 1.38 bits per heavy atom. The van der Waals surface area contributed by atoms with Gasteiger partial charge in [0.05, 0.1) is 0 Å². The Morgan fingerprint density at radius 2 is 1.05 bits per heavy atom. The van der Waals surface area contributed by atoms with Gasteiger partial charge in [0.25, 0.3) is 0 Å². The molecule has 0 saturated heterocycles. The van der Waals surface area contributed by atoms with Crippen LogP contribution in [0.2, 0.25) is 7.93 Å². The average molecular weight is 406 g/mol. The van der Waals surface area contributed by atoms with Crippen LogP contribution in [0.3, 0.4) is 0 Å². The molecule has 0 aliphatic heterocycles. The molecular formula is C20H38Te. The first-order valence-corrected chi connectivity index (χ1v) is 12.2. The van der Waals surface area contributed by atoms with Crippen molar-refractivity contribution in [3.05, 3.63) is 0 Å². The second kappa shape index (κ2) is 8.06. The van der Waals surface area contributed by atoms with Crippen LogP contribution in [-0.4, -0.2) is 20.9 Å². The molecule has 0 aromatic carbocycles. The summed E-state index contributed by atoms with van der Waals surface area (Å²) in [5.74, 6) is 5.99. The fourth-order valence-corrected chi connectivity index (χ4v) is 12.3. The first-order chi connectivity index (χ1) is 9.88. The van der Waals surface area contributed by atoms with E-state index in [4.69, 9.17) is 0 Å². The molecular weight excluding hydrogens is 368 g/mol. The minimum atomic E-state index is 0.170. The summed E-state index contributed by atoms with van der Waals surface area (Å²) in [4.78, 5) is 0. The molecule has 2 fully saturated rings. The molecule has 0 bridgehead atoms. The van der Waals surface area contributed by atoms with Crippen LogP contribution >= 0.6 is 0 Å². The Morgan fingerprint density at radius 1 is 0.667 bits per heavy atom. The SMILES string of the molecule is CC(C)[C@@H]1CC[C@@H](C)C[C@@H]1[Te][C@H]1C[C@H](C)CC[C@H]1C(C)C. The molecule has 0 unspecified atom stereocenters. The van der Waals surface area contributed by atoms with Crippen LogP contribution in [0.4, 0.5) is 0 Å². The van der Waals surface area contributed by atoms with Gasteiger partial charge in [0.1, 0.15) is 0 Å². The van der Waals surface area contributed by atoms with Gasteiger partial charge in [0.15, 0.2) is 0 Å². The molecule has 0 spiro atoms. The van der Waals surface area contributed by atoms with Gasteiger partial charge in [0.2, 0.25) is 0 Å². The van der Waals surface area contributed by atoms with Crippen LogP contribution in [0.1, 0.15) is 80.1 Å². The van der Waals surface area contributed by atoms with Gasteiger partial charge in [-0.15, -0.1) is 0 Å². The summed E-state index contributed by atoms with van der Waals surface area (Å²) in [5.41, 5.74) is 0. The molecule has 2 rings (SSSR count). The van der Waals surface area contributed by atoms with E-state index in [1.807, 2.05) is 0 Å². The Labute approximate surface area is 144 Å². The van der Waals surface area contributed by atoms with E-state index in [1.165, 1.54) is 25.7 Å². The molecule has 0 amide bonds. The number of hydrogen-bond donors (Lipinski definition) is 0. The van der Waals surface area contributed by atoms with Crippen LogP contribution in [0.15, 0.2) is 0 Å². The van der Waals surface area contributed by atoms with Crippen molar-refractivity contribution in [3.63, 3.8) is 0 Å². The van der Waals surface area contributed by atoms with E-state index in [1.54, 1.807) is 12.8 Å². The average Bonchev–Trinajstić information content (AvgIpc) is 2.38. The van der Waals surface area contributed by atoms with E-state index in [9.17, 15) is 0 Å². The summed E-state index contributed by atoms with van der Waals surface area (Å²) >= 11 is 0.170. The van der Waals surface area contributed by atoms with Gasteiger partial charge in [0, 0.05) is 0 Å². The zero-order chi connectivity index (χ0) is 15.6.